The molecule has 1 aliphatic heterocycles. The molecule has 0 saturated carbocycles. The molecule has 1 rings (SSSR count). The molecule has 1 heterocycles. The molecule has 0 bridgehead atoms. The van der Waals surface area contributed by atoms with Crippen molar-refractivity contribution in [2.75, 3.05) is 13.2 Å². The van der Waals surface area contributed by atoms with Crippen molar-refractivity contribution in [1.29, 1.82) is 0 Å². The van der Waals surface area contributed by atoms with E-state index >= 15 is 0 Å². The summed E-state index contributed by atoms with van der Waals surface area (Å²) in [7, 11) is 3.14. The first-order valence-corrected chi connectivity index (χ1v) is 2.41. The van der Waals surface area contributed by atoms with E-state index in [-0.39, 0.29) is 5.91 Å². The van der Waals surface area contributed by atoms with Gasteiger partial charge in [-0.25, -0.2) is 0 Å². The highest BCUT2D eigenvalue weighted by Crippen LogP contribution is 1.96. The van der Waals surface area contributed by atoms with E-state index in [9.17, 15) is 0 Å². The molecule has 2 nitrogen and oxygen atoms in total. The maximum atomic E-state index is 4.84. The van der Waals surface area contributed by atoms with Gasteiger partial charge >= 0.3 is 0 Å². The van der Waals surface area contributed by atoms with Crippen LogP contribution in [0.25, 0.3) is 0 Å². The zero-order valence-corrected chi connectivity index (χ0v) is 4.31. The Bertz CT molecular complexity index is 42.1. The highest BCUT2D eigenvalue weighted by atomic mass is 28.1. The maximum Gasteiger partial charge on any atom is 0.134 e. The van der Waals surface area contributed by atoms with Crippen molar-refractivity contribution in [3.05, 3.63) is 0 Å². The summed E-state index contributed by atoms with van der Waals surface area (Å²) in [6, 6.07) is 0. The monoisotopic (exact) mass is 101 g/mol. The minimum atomic E-state index is -0.148. The number of hydrogen-bond acceptors (Lipinski definition) is 2. The van der Waals surface area contributed by atoms with E-state index in [0.717, 1.165) is 0 Å². The SMILES string of the molecule is [Si]C1OCCO1. The van der Waals surface area contributed by atoms with Gasteiger partial charge in [-0.3, -0.25) is 0 Å². The van der Waals surface area contributed by atoms with Crippen molar-refractivity contribution in [3.63, 3.8) is 0 Å². The van der Waals surface area contributed by atoms with Crippen LogP contribution in [0.1, 0.15) is 0 Å². The topological polar surface area (TPSA) is 18.5 Å². The fourth-order valence-corrected chi connectivity index (χ4v) is 0.594. The van der Waals surface area contributed by atoms with E-state index in [1.54, 1.807) is 0 Å². The molecule has 0 aromatic rings. The van der Waals surface area contributed by atoms with Crippen molar-refractivity contribution in [2.45, 2.75) is 5.91 Å². The highest BCUT2D eigenvalue weighted by molar-refractivity contribution is 6.10. The normalized spacial score (nSPS) is 25.5. The first-order chi connectivity index (χ1) is 2.89. The van der Waals surface area contributed by atoms with Crippen molar-refractivity contribution in [3.8, 4) is 0 Å². The third-order valence-corrected chi connectivity index (χ3v) is 0.955. The zero-order valence-electron chi connectivity index (χ0n) is 3.31. The second kappa shape index (κ2) is 1.73. The van der Waals surface area contributed by atoms with Crippen LogP contribution in [0.4, 0.5) is 0 Å². The highest BCUT2D eigenvalue weighted by Gasteiger charge is 2.07. The smallest absolute Gasteiger partial charge is 0.134 e. The van der Waals surface area contributed by atoms with Crippen LogP contribution in [0, 0.1) is 0 Å². The molecule has 0 aliphatic carbocycles. The Hall–Kier alpha value is 0.137. The predicted molar refractivity (Wildman–Crippen MR) is 21.4 cm³/mol. The number of rotatable bonds is 0. The molecule has 6 heavy (non-hydrogen) atoms. The van der Waals surface area contributed by atoms with Crippen molar-refractivity contribution >= 4 is 10.2 Å². The van der Waals surface area contributed by atoms with Gasteiger partial charge < -0.3 is 9.47 Å². The first-order valence-electron chi connectivity index (χ1n) is 1.84. The van der Waals surface area contributed by atoms with Crippen molar-refractivity contribution in [1.82, 2.24) is 0 Å². The quantitative estimate of drug-likeness (QED) is 0.382. The summed E-state index contributed by atoms with van der Waals surface area (Å²) in [6.45, 7) is 1.43. The summed E-state index contributed by atoms with van der Waals surface area (Å²) in [5, 5.41) is 0. The van der Waals surface area contributed by atoms with E-state index in [0.29, 0.717) is 13.2 Å². The van der Waals surface area contributed by atoms with Crippen LogP contribution >= 0.6 is 0 Å². The van der Waals surface area contributed by atoms with Gasteiger partial charge in [-0.15, -0.1) is 0 Å². The van der Waals surface area contributed by atoms with Crippen LogP contribution < -0.4 is 0 Å². The lowest BCUT2D eigenvalue weighted by atomic mass is 10.8. The first kappa shape index (κ1) is 4.30. The molecule has 0 spiro atoms. The molecule has 0 unspecified atom stereocenters. The fraction of sp³-hybridized carbons (Fsp3) is 1.00. The van der Waals surface area contributed by atoms with Gasteiger partial charge in [0.2, 0.25) is 0 Å². The summed E-state index contributed by atoms with van der Waals surface area (Å²) >= 11 is 0. The fourth-order valence-electron chi connectivity index (χ4n) is 0.358. The summed E-state index contributed by atoms with van der Waals surface area (Å²) in [6.07, 6.45) is 0. The van der Waals surface area contributed by atoms with E-state index in [2.05, 4.69) is 10.2 Å². The molecule has 1 saturated heterocycles. The minimum absolute atomic E-state index is 0.148. The number of hydrogen-bond donors (Lipinski definition) is 0. The predicted octanol–water partition coefficient (Wildman–Crippen LogP) is -0.515. The molecular formula is C3H5O2Si. The van der Waals surface area contributed by atoms with Crippen LogP contribution in [-0.4, -0.2) is 29.4 Å². The van der Waals surface area contributed by atoms with Crippen molar-refractivity contribution in [2.24, 2.45) is 0 Å². The Morgan fingerprint density at radius 2 is 1.83 bits per heavy atom. The molecule has 0 N–H and O–H groups in total. The Kier molecular flexibility index (Phi) is 1.24. The molecule has 0 atom stereocenters. The Morgan fingerprint density at radius 1 is 1.33 bits per heavy atom. The Balaban J connectivity index is 2.18. The van der Waals surface area contributed by atoms with Gasteiger partial charge in [-0.1, -0.05) is 0 Å². The van der Waals surface area contributed by atoms with Gasteiger partial charge in [0.1, 0.15) is 16.2 Å². The van der Waals surface area contributed by atoms with Gasteiger partial charge in [-0.2, -0.15) is 0 Å². The maximum absolute atomic E-state index is 4.84. The third kappa shape index (κ3) is 0.799. The molecular weight excluding hydrogens is 96.1 g/mol. The second-order valence-electron chi connectivity index (χ2n) is 1.07. The molecule has 1 aliphatic rings. The average molecular weight is 101 g/mol. The van der Waals surface area contributed by atoms with Crippen LogP contribution in [-0.2, 0) is 9.47 Å². The lowest BCUT2D eigenvalue weighted by Gasteiger charge is -1.94. The van der Waals surface area contributed by atoms with E-state index in [4.69, 9.17) is 9.47 Å². The summed E-state index contributed by atoms with van der Waals surface area (Å²) < 4.78 is 9.69. The minimum Gasteiger partial charge on any atom is -0.355 e. The van der Waals surface area contributed by atoms with Gasteiger partial charge in [0.05, 0.1) is 13.2 Å². The lowest BCUT2D eigenvalue weighted by Crippen LogP contribution is -2.04. The van der Waals surface area contributed by atoms with E-state index < -0.39 is 0 Å². The van der Waals surface area contributed by atoms with Gasteiger partial charge in [0.15, 0.2) is 0 Å². The Morgan fingerprint density at radius 3 is 2.00 bits per heavy atom. The molecule has 0 amide bonds. The summed E-state index contributed by atoms with van der Waals surface area (Å²) in [5.74, 6) is -0.148. The number of ether oxygens (including phenoxy) is 2. The van der Waals surface area contributed by atoms with Gasteiger partial charge in [0, 0.05) is 0 Å². The lowest BCUT2D eigenvalue weighted by molar-refractivity contribution is 0.0270. The van der Waals surface area contributed by atoms with Gasteiger partial charge in [-0.05, 0) is 0 Å². The standard InChI is InChI=1S/C3H5O2Si/c6-3-4-1-2-5-3/h3H,1-2H2. The third-order valence-electron chi connectivity index (χ3n) is 0.622. The summed E-state index contributed by atoms with van der Waals surface area (Å²) in [4.78, 5) is 0. The average Bonchev–Trinajstić information content (AvgIpc) is 1.86. The molecule has 1 fully saturated rings. The molecule has 0 aromatic carbocycles. The Labute approximate surface area is 39.9 Å². The van der Waals surface area contributed by atoms with Crippen LogP contribution in [0.5, 0.6) is 0 Å². The molecule has 0 aromatic heterocycles. The van der Waals surface area contributed by atoms with Crippen molar-refractivity contribution < 1.29 is 9.47 Å². The van der Waals surface area contributed by atoms with E-state index in [1.807, 2.05) is 0 Å². The molecule has 33 valence electrons. The van der Waals surface area contributed by atoms with E-state index in [1.165, 1.54) is 0 Å². The second-order valence-corrected chi connectivity index (χ2v) is 1.54. The van der Waals surface area contributed by atoms with Crippen LogP contribution in [0.2, 0.25) is 0 Å². The zero-order chi connectivity index (χ0) is 4.41. The largest absolute Gasteiger partial charge is 0.355 e. The van der Waals surface area contributed by atoms with Gasteiger partial charge in [0.25, 0.3) is 0 Å². The van der Waals surface area contributed by atoms with Crippen LogP contribution in [0.15, 0.2) is 0 Å². The molecule has 3 heteroatoms. The molecule has 3 radical (unpaired) electrons. The van der Waals surface area contributed by atoms with Crippen LogP contribution in [0.3, 0.4) is 0 Å². The summed E-state index contributed by atoms with van der Waals surface area (Å²) in [5.41, 5.74) is 0.